The second-order valence-electron chi connectivity index (χ2n) is 14.8. The summed E-state index contributed by atoms with van der Waals surface area (Å²) in [4.78, 5) is 135. The lowest BCUT2D eigenvalue weighted by atomic mass is 10.0. The third-order valence-electron chi connectivity index (χ3n) is 9.09. The number of nitrogens with two attached hydrogens (primary N) is 3. The number of H-pyrrole nitrogens is 1. The Bertz CT molecular complexity index is 1700. The van der Waals surface area contributed by atoms with E-state index in [1.807, 2.05) is 0 Å². The highest BCUT2D eigenvalue weighted by Crippen LogP contribution is 2.10. The van der Waals surface area contributed by atoms with Crippen LogP contribution in [0.15, 0.2) is 12.5 Å². The zero-order valence-electron chi connectivity index (χ0n) is 35.5. The van der Waals surface area contributed by atoms with Crippen molar-refractivity contribution < 1.29 is 63.3 Å². The Balaban J connectivity index is 3.32. The van der Waals surface area contributed by atoms with Crippen LogP contribution in [-0.4, -0.2) is 158 Å². The van der Waals surface area contributed by atoms with Gasteiger partial charge in [0.2, 0.25) is 47.3 Å². The number of aliphatic carboxylic acids is 2. The summed E-state index contributed by atoms with van der Waals surface area (Å²) in [6.07, 6.45) is 3.55. The van der Waals surface area contributed by atoms with Gasteiger partial charge >= 0.3 is 11.9 Å². The number of hydrogen-bond acceptors (Lipinski definition) is 15. The maximum absolute atomic E-state index is 13.9. The van der Waals surface area contributed by atoms with E-state index in [2.05, 4.69) is 47.2 Å². The average Bonchev–Trinajstić information content (AvgIpc) is 3.74. The van der Waals surface area contributed by atoms with Crippen LogP contribution in [-0.2, 0) is 54.4 Å². The molecule has 0 fully saturated rings. The molecule has 7 atom stereocenters. The number of nitrogens with one attached hydrogen (secondary N) is 8. The quantitative estimate of drug-likeness (QED) is 0.0301. The summed E-state index contributed by atoms with van der Waals surface area (Å²) in [5.41, 5.74) is 16.8. The molecule has 8 amide bonds. The highest BCUT2D eigenvalue weighted by atomic mass is 32.2. The Morgan fingerprint density at radius 3 is 1.75 bits per heavy atom. The third-order valence-corrected chi connectivity index (χ3v) is 9.74. The van der Waals surface area contributed by atoms with E-state index in [1.54, 1.807) is 20.1 Å². The van der Waals surface area contributed by atoms with Crippen molar-refractivity contribution in [3.8, 4) is 0 Å². The molecule has 17 N–H and O–H groups in total. The van der Waals surface area contributed by atoms with Crippen LogP contribution in [0.3, 0.4) is 0 Å². The summed E-state index contributed by atoms with van der Waals surface area (Å²) >= 11 is 1.28. The minimum absolute atomic E-state index is 0.0261. The molecule has 1 rings (SSSR count). The van der Waals surface area contributed by atoms with Crippen LogP contribution < -0.4 is 54.4 Å². The van der Waals surface area contributed by atoms with Gasteiger partial charge in [0.15, 0.2) is 0 Å². The van der Waals surface area contributed by atoms with Crippen molar-refractivity contribution in [2.24, 2.45) is 23.1 Å². The Morgan fingerprint density at radius 2 is 1.22 bits per heavy atom. The lowest BCUT2D eigenvalue weighted by Crippen LogP contribution is -2.61. The van der Waals surface area contributed by atoms with Gasteiger partial charge in [-0.15, -0.1) is 0 Å². The summed E-state index contributed by atoms with van der Waals surface area (Å²) in [7, 11) is 0. The number of carboxylic acid groups (broad SMARTS) is 2. The molecule has 26 heteroatoms. The normalized spacial score (nSPS) is 14.3. The van der Waals surface area contributed by atoms with Gasteiger partial charge in [-0.25, -0.2) is 9.78 Å². The van der Waals surface area contributed by atoms with Gasteiger partial charge in [-0.2, -0.15) is 11.8 Å². The number of carbonyl (C=O) groups is 10. The SMILES string of the molecule is CSCC[C@H](NC(=O)[C@H](CO)NC(=O)[C@H](CC(N)=O)NC(=O)[C@H](CC(C)C)NC(=O)[C@H](Cc1cnc[nH]1)NC(=O)[C@H](CCCCN)NC(=O)CN)C(=O)N[C@@H](CCC(=O)O)C(=O)O. The van der Waals surface area contributed by atoms with Crippen molar-refractivity contribution in [1.29, 1.82) is 0 Å². The van der Waals surface area contributed by atoms with Crippen molar-refractivity contribution in [3.63, 3.8) is 0 Å². The topological polar surface area (TPSA) is 422 Å². The highest BCUT2D eigenvalue weighted by Gasteiger charge is 2.35. The Kier molecular flexibility index (Phi) is 25.8. The third kappa shape index (κ3) is 21.7. The van der Waals surface area contributed by atoms with Gasteiger partial charge in [0.25, 0.3) is 0 Å². The standard InChI is InChI=1S/C37H62N12O13S/c1-19(2)12-24(46-34(58)25(13-20-16-41-18-42-20)47-31(55)21(6-4-5-10-38)43-29(52)15-39)33(57)48-26(14-28(40)51)35(59)49-27(17-50)36(60)44-22(9-11-63-3)32(56)45-23(37(61)62)7-8-30(53)54/h16,18-19,21-27,50H,4-15,17,38-39H2,1-3H3,(H2,40,51)(H,41,42)(H,43,52)(H,44,60)(H,45,56)(H,46,58)(H,47,55)(H,48,57)(H,49,59)(H,53,54)(H,61,62)/t21-,22-,23-,24-,25-,26-,27-/m0/s1. The fourth-order valence-electron chi connectivity index (χ4n) is 5.81. The summed E-state index contributed by atoms with van der Waals surface area (Å²) in [6.45, 7) is 2.33. The first kappa shape index (κ1) is 55.2. The van der Waals surface area contributed by atoms with Gasteiger partial charge in [-0.05, 0) is 63.0 Å². The van der Waals surface area contributed by atoms with E-state index in [0.29, 0.717) is 25.1 Å². The number of aliphatic hydroxyl groups excluding tert-OH is 1. The largest absolute Gasteiger partial charge is 0.481 e. The zero-order chi connectivity index (χ0) is 47.6. The average molecular weight is 915 g/mol. The molecular weight excluding hydrogens is 853 g/mol. The first-order valence-electron chi connectivity index (χ1n) is 20.1. The van der Waals surface area contributed by atoms with E-state index in [0.717, 1.165) is 0 Å². The van der Waals surface area contributed by atoms with Crippen molar-refractivity contribution in [3.05, 3.63) is 18.2 Å². The fourth-order valence-corrected chi connectivity index (χ4v) is 6.28. The molecule has 25 nitrogen and oxygen atoms in total. The van der Waals surface area contributed by atoms with E-state index in [4.69, 9.17) is 22.3 Å². The van der Waals surface area contributed by atoms with Crippen molar-refractivity contribution >= 4 is 71.0 Å². The molecule has 0 aliphatic heterocycles. The summed E-state index contributed by atoms with van der Waals surface area (Å²) in [6, 6.07) is -10.4. The van der Waals surface area contributed by atoms with Crippen molar-refractivity contribution in [2.75, 3.05) is 31.7 Å². The first-order chi connectivity index (χ1) is 29.8. The number of carbonyl (C=O) groups excluding carboxylic acids is 8. The molecule has 1 aromatic rings. The summed E-state index contributed by atoms with van der Waals surface area (Å²) < 4.78 is 0. The van der Waals surface area contributed by atoms with Crippen molar-refractivity contribution in [1.82, 2.24) is 47.2 Å². The van der Waals surface area contributed by atoms with Crippen LogP contribution >= 0.6 is 11.8 Å². The molecule has 0 aliphatic rings. The van der Waals surface area contributed by atoms with E-state index < -0.39 is 134 Å². The number of hydrogen-bond donors (Lipinski definition) is 14. The number of aliphatic hydroxyl groups is 1. The number of aromatic amines is 1. The second kappa shape index (κ2) is 29.4. The predicted octanol–water partition coefficient (Wildman–Crippen LogP) is -4.95. The number of unbranched alkanes of at least 4 members (excludes halogenated alkanes) is 1. The Labute approximate surface area is 367 Å². The fraction of sp³-hybridized carbons (Fsp3) is 0.649. The van der Waals surface area contributed by atoms with Gasteiger partial charge in [-0.3, -0.25) is 43.2 Å². The number of primary amides is 1. The van der Waals surface area contributed by atoms with Crippen LogP contribution in [0.2, 0.25) is 0 Å². The van der Waals surface area contributed by atoms with E-state index in [1.165, 1.54) is 24.3 Å². The smallest absolute Gasteiger partial charge is 0.326 e. The molecule has 354 valence electrons. The number of thioether (sulfide) groups is 1. The lowest BCUT2D eigenvalue weighted by molar-refractivity contribution is -0.143. The molecule has 0 bridgehead atoms. The molecule has 0 saturated carbocycles. The molecule has 0 aromatic carbocycles. The van der Waals surface area contributed by atoms with E-state index in [-0.39, 0.29) is 37.4 Å². The molecule has 0 spiro atoms. The van der Waals surface area contributed by atoms with Gasteiger partial charge in [0.05, 0.1) is 25.9 Å². The van der Waals surface area contributed by atoms with Gasteiger partial charge in [-0.1, -0.05) is 13.8 Å². The molecular formula is C37H62N12O13S. The zero-order valence-corrected chi connectivity index (χ0v) is 36.3. The number of aromatic nitrogens is 2. The molecule has 0 saturated heterocycles. The van der Waals surface area contributed by atoms with Crippen LogP contribution in [0.5, 0.6) is 0 Å². The minimum atomic E-state index is -1.79. The number of nitrogens with zero attached hydrogens (tertiary/aromatic N) is 1. The molecule has 1 aromatic heterocycles. The molecule has 63 heavy (non-hydrogen) atoms. The molecule has 0 unspecified atom stereocenters. The van der Waals surface area contributed by atoms with E-state index >= 15 is 0 Å². The number of amides is 8. The van der Waals surface area contributed by atoms with Gasteiger partial charge in [0.1, 0.15) is 42.3 Å². The van der Waals surface area contributed by atoms with Gasteiger partial charge < -0.3 is 74.7 Å². The second-order valence-corrected chi connectivity index (χ2v) is 15.8. The minimum Gasteiger partial charge on any atom is -0.481 e. The monoisotopic (exact) mass is 914 g/mol. The van der Waals surface area contributed by atoms with Crippen molar-refractivity contribution in [2.45, 2.75) is 114 Å². The molecule has 0 aliphatic carbocycles. The number of rotatable bonds is 32. The first-order valence-corrected chi connectivity index (χ1v) is 21.5. The van der Waals surface area contributed by atoms with Crippen LogP contribution in [0.25, 0.3) is 0 Å². The van der Waals surface area contributed by atoms with Crippen LogP contribution in [0, 0.1) is 5.92 Å². The highest BCUT2D eigenvalue weighted by molar-refractivity contribution is 7.98. The maximum atomic E-state index is 13.9. The predicted molar refractivity (Wildman–Crippen MR) is 226 cm³/mol. The summed E-state index contributed by atoms with van der Waals surface area (Å²) in [5.74, 6) is -10.3. The van der Waals surface area contributed by atoms with Crippen LogP contribution in [0.4, 0.5) is 0 Å². The summed E-state index contributed by atoms with van der Waals surface area (Å²) in [5, 5.41) is 45.3. The molecule has 0 radical (unpaired) electrons. The number of imidazole rings is 1. The Hall–Kier alpha value is -5.86. The van der Waals surface area contributed by atoms with Gasteiger partial charge in [0, 0.05) is 24.7 Å². The number of carboxylic acids is 2. The Morgan fingerprint density at radius 1 is 0.698 bits per heavy atom. The van der Waals surface area contributed by atoms with E-state index in [9.17, 15) is 58.2 Å². The maximum Gasteiger partial charge on any atom is 0.326 e. The lowest BCUT2D eigenvalue weighted by Gasteiger charge is -2.28. The molecule has 1 heterocycles. The van der Waals surface area contributed by atoms with Crippen LogP contribution in [0.1, 0.15) is 70.9 Å².